The Morgan fingerprint density at radius 3 is 2.42 bits per heavy atom. The van der Waals surface area contributed by atoms with Crippen LogP contribution in [0.3, 0.4) is 0 Å². The van der Waals surface area contributed by atoms with Crippen LogP contribution in [-0.2, 0) is 31.4 Å². The molecule has 2 fully saturated rings. The molecule has 1 aromatic rings. The monoisotopic (exact) mass is 454 g/mol. The summed E-state index contributed by atoms with van der Waals surface area (Å²) in [4.78, 5) is 29.1. The number of hydrogen-bond donors (Lipinski definition) is 1. The van der Waals surface area contributed by atoms with Crippen LogP contribution >= 0.6 is 0 Å². The maximum atomic E-state index is 12.8. The van der Waals surface area contributed by atoms with Crippen molar-refractivity contribution in [3.8, 4) is 0 Å². The molecule has 1 saturated heterocycles. The normalized spacial score (nSPS) is 24.5. The Labute approximate surface area is 184 Å². The molecule has 1 saturated carbocycles. The lowest BCUT2D eigenvalue weighted by atomic mass is 9.86. The summed E-state index contributed by atoms with van der Waals surface area (Å²) in [6.07, 6.45) is 5.69. The molecule has 0 radical (unpaired) electrons. The first-order valence-corrected chi connectivity index (χ1v) is 12.5. The number of rotatable bonds is 6. The topological polar surface area (TPSA) is 111 Å². The third-order valence-corrected chi connectivity index (χ3v) is 8.35. The number of esters is 1. The number of ether oxygens (including phenoxy) is 1. The molecule has 1 N–H and O–H groups in total. The summed E-state index contributed by atoms with van der Waals surface area (Å²) in [5.41, 5.74) is 0. The van der Waals surface area contributed by atoms with Gasteiger partial charge in [-0.15, -0.1) is 0 Å². The van der Waals surface area contributed by atoms with E-state index in [0.29, 0.717) is 24.6 Å². The summed E-state index contributed by atoms with van der Waals surface area (Å²) in [6, 6.07) is 0.131. The van der Waals surface area contributed by atoms with Gasteiger partial charge in [-0.25, -0.2) is 13.4 Å². The standard InChI is InChI=1S/C21H34N4O5S/c1-14-7-5-6-8-18(14)23-20(26)15(2)30-21(27)17-9-11-25(12-10-17)31(28,29)19-13-24(4)16(3)22-19/h13-15,17-18H,5-12H2,1-4H3,(H,23,26). The van der Waals surface area contributed by atoms with Gasteiger partial charge in [0.15, 0.2) is 11.1 Å². The lowest BCUT2D eigenvalue weighted by molar-refractivity contribution is -0.160. The predicted molar refractivity (Wildman–Crippen MR) is 115 cm³/mol. The molecule has 3 rings (SSSR count). The molecular weight excluding hydrogens is 420 g/mol. The van der Waals surface area contributed by atoms with E-state index in [-0.39, 0.29) is 30.1 Å². The lowest BCUT2D eigenvalue weighted by Gasteiger charge is -2.31. The molecule has 174 valence electrons. The summed E-state index contributed by atoms with van der Waals surface area (Å²) in [5.74, 6) is -0.0785. The number of nitrogens with zero attached hydrogens (tertiary/aromatic N) is 3. The minimum atomic E-state index is -3.69. The highest BCUT2D eigenvalue weighted by Crippen LogP contribution is 2.26. The first-order chi connectivity index (χ1) is 14.6. The fourth-order valence-corrected chi connectivity index (χ4v) is 5.76. The van der Waals surface area contributed by atoms with E-state index in [9.17, 15) is 18.0 Å². The van der Waals surface area contributed by atoms with Crippen LogP contribution in [0.4, 0.5) is 0 Å². The molecule has 10 heteroatoms. The van der Waals surface area contributed by atoms with E-state index in [0.717, 1.165) is 19.3 Å². The van der Waals surface area contributed by atoms with Crippen LogP contribution in [-0.4, -0.2) is 59.4 Å². The van der Waals surface area contributed by atoms with Gasteiger partial charge in [-0.05, 0) is 45.4 Å². The molecule has 3 unspecified atom stereocenters. The highest BCUT2D eigenvalue weighted by atomic mass is 32.2. The predicted octanol–water partition coefficient (Wildman–Crippen LogP) is 1.76. The second-order valence-corrected chi connectivity index (χ2v) is 10.8. The van der Waals surface area contributed by atoms with Crippen molar-refractivity contribution < 1.29 is 22.7 Å². The number of nitrogens with one attached hydrogen (secondary N) is 1. The number of hydrogen-bond acceptors (Lipinski definition) is 6. The van der Waals surface area contributed by atoms with E-state index < -0.39 is 28.0 Å². The van der Waals surface area contributed by atoms with Crippen molar-refractivity contribution in [3.05, 3.63) is 12.0 Å². The second kappa shape index (κ2) is 9.68. The van der Waals surface area contributed by atoms with Gasteiger partial charge in [-0.2, -0.15) is 4.31 Å². The third-order valence-electron chi connectivity index (χ3n) is 6.58. The summed E-state index contributed by atoms with van der Waals surface area (Å²) >= 11 is 0. The van der Waals surface area contributed by atoms with Crippen LogP contribution in [0.1, 0.15) is 58.2 Å². The number of aryl methyl sites for hydroxylation is 2. The number of carbonyl (C=O) groups is 2. The van der Waals surface area contributed by atoms with Crippen LogP contribution in [0.15, 0.2) is 11.2 Å². The Morgan fingerprint density at radius 1 is 1.19 bits per heavy atom. The smallest absolute Gasteiger partial charge is 0.309 e. The van der Waals surface area contributed by atoms with Gasteiger partial charge in [0.05, 0.1) is 5.92 Å². The van der Waals surface area contributed by atoms with Gasteiger partial charge in [0.1, 0.15) is 5.82 Å². The lowest BCUT2D eigenvalue weighted by Crippen LogP contribution is -2.47. The van der Waals surface area contributed by atoms with Gasteiger partial charge >= 0.3 is 5.97 Å². The van der Waals surface area contributed by atoms with Gasteiger partial charge in [-0.3, -0.25) is 9.59 Å². The zero-order valence-electron chi connectivity index (χ0n) is 18.8. The number of carbonyl (C=O) groups excluding carboxylic acids is 2. The molecule has 1 amide bonds. The number of aromatic nitrogens is 2. The van der Waals surface area contributed by atoms with Crippen LogP contribution in [0.5, 0.6) is 0 Å². The second-order valence-electron chi connectivity index (χ2n) is 8.87. The van der Waals surface area contributed by atoms with Gasteiger partial charge in [-0.1, -0.05) is 19.8 Å². The Morgan fingerprint density at radius 2 is 1.84 bits per heavy atom. The van der Waals surface area contributed by atoms with Gasteiger partial charge in [0, 0.05) is 32.4 Å². The molecule has 31 heavy (non-hydrogen) atoms. The first-order valence-electron chi connectivity index (χ1n) is 11.1. The number of amides is 1. The van der Waals surface area contributed by atoms with Gasteiger partial charge in [0.25, 0.3) is 15.9 Å². The summed E-state index contributed by atoms with van der Waals surface area (Å²) in [6.45, 7) is 5.90. The summed E-state index contributed by atoms with van der Waals surface area (Å²) < 4.78 is 34.0. The molecule has 2 aliphatic rings. The largest absolute Gasteiger partial charge is 0.452 e. The molecule has 0 spiro atoms. The molecule has 1 aromatic heterocycles. The molecule has 0 bridgehead atoms. The quantitative estimate of drug-likeness (QED) is 0.656. The summed E-state index contributed by atoms with van der Waals surface area (Å²) in [5, 5.41) is 3.04. The van der Waals surface area contributed by atoms with Gasteiger partial charge in [0.2, 0.25) is 0 Å². The van der Waals surface area contributed by atoms with Crippen molar-refractivity contribution in [2.24, 2.45) is 18.9 Å². The van der Waals surface area contributed by atoms with E-state index >= 15 is 0 Å². The Bertz CT molecular complexity index is 885. The highest BCUT2D eigenvalue weighted by Gasteiger charge is 2.35. The van der Waals surface area contributed by atoms with Crippen molar-refractivity contribution >= 4 is 21.9 Å². The van der Waals surface area contributed by atoms with Crippen LogP contribution in [0.25, 0.3) is 0 Å². The van der Waals surface area contributed by atoms with E-state index in [1.165, 1.54) is 16.9 Å². The average molecular weight is 455 g/mol. The van der Waals surface area contributed by atoms with E-state index in [1.807, 2.05) is 0 Å². The van der Waals surface area contributed by atoms with Crippen LogP contribution < -0.4 is 5.32 Å². The molecule has 1 aliphatic carbocycles. The van der Waals surface area contributed by atoms with Crippen LogP contribution in [0, 0.1) is 18.8 Å². The number of sulfonamides is 1. The van der Waals surface area contributed by atoms with Crippen molar-refractivity contribution in [3.63, 3.8) is 0 Å². The maximum absolute atomic E-state index is 12.8. The van der Waals surface area contributed by atoms with Crippen molar-refractivity contribution in [1.29, 1.82) is 0 Å². The fourth-order valence-electron chi connectivity index (χ4n) is 4.27. The molecule has 2 heterocycles. The first kappa shape index (κ1) is 23.7. The minimum Gasteiger partial charge on any atom is -0.452 e. The Kier molecular flexibility index (Phi) is 7.41. The van der Waals surface area contributed by atoms with Crippen molar-refractivity contribution in [2.45, 2.75) is 76.5 Å². The molecule has 9 nitrogen and oxygen atoms in total. The van der Waals surface area contributed by atoms with Crippen molar-refractivity contribution in [1.82, 2.24) is 19.2 Å². The zero-order chi connectivity index (χ0) is 22.8. The molecule has 0 aromatic carbocycles. The minimum absolute atomic E-state index is 0.0239. The third kappa shape index (κ3) is 5.46. The molecule has 3 atom stereocenters. The zero-order valence-corrected chi connectivity index (χ0v) is 19.7. The SMILES string of the molecule is Cc1nc(S(=O)(=O)N2CCC(C(=O)OC(C)C(=O)NC3CCCCC3C)CC2)cn1C. The van der Waals surface area contributed by atoms with Crippen molar-refractivity contribution in [2.75, 3.05) is 13.1 Å². The fraction of sp³-hybridized carbons (Fsp3) is 0.762. The highest BCUT2D eigenvalue weighted by molar-refractivity contribution is 7.89. The van der Waals surface area contributed by atoms with Gasteiger partial charge < -0.3 is 14.6 Å². The number of imidazole rings is 1. The van der Waals surface area contributed by atoms with Crippen LogP contribution in [0.2, 0.25) is 0 Å². The Hall–Kier alpha value is -1.94. The summed E-state index contributed by atoms with van der Waals surface area (Å²) in [7, 11) is -1.94. The molecule has 1 aliphatic heterocycles. The van der Waals surface area contributed by atoms with E-state index in [2.05, 4.69) is 17.2 Å². The maximum Gasteiger partial charge on any atom is 0.309 e. The van der Waals surface area contributed by atoms with E-state index in [1.54, 1.807) is 25.5 Å². The Balaban J connectivity index is 1.50. The average Bonchev–Trinajstić information content (AvgIpc) is 3.09. The van der Waals surface area contributed by atoms with E-state index in [4.69, 9.17) is 4.74 Å². The number of piperidine rings is 1. The molecular formula is C21H34N4O5S.